The maximum atomic E-state index is 14.1. The van der Waals surface area contributed by atoms with Crippen molar-refractivity contribution >= 4 is 37.8 Å². The number of imidazole rings is 1. The van der Waals surface area contributed by atoms with Crippen molar-refractivity contribution < 1.29 is 4.79 Å². The minimum atomic E-state index is -1.01. The van der Waals surface area contributed by atoms with Gasteiger partial charge in [-0.3, -0.25) is 4.79 Å². The van der Waals surface area contributed by atoms with Crippen LogP contribution in [0.4, 0.5) is 0 Å². The number of carbonyl (C=O) groups is 1. The van der Waals surface area contributed by atoms with E-state index in [1.165, 1.54) is 6.42 Å². The number of piperidine rings is 1. The lowest BCUT2D eigenvalue weighted by atomic mass is 9.72. The molecular weight excluding hydrogens is 482 g/mol. The van der Waals surface area contributed by atoms with Crippen LogP contribution in [-0.4, -0.2) is 33.9 Å². The molecule has 0 saturated carbocycles. The zero-order valence-electron chi connectivity index (χ0n) is 15.4. The molecule has 1 fully saturated rings. The van der Waals surface area contributed by atoms with E-state index in [1.54, 1.807) is 12.4 Å². The van der Waals surface area contributed by atoms with Crippen LogP contribution < -0.4 is 0 Å². The van der Waals surface area contributed by atoms with E-state index in [0.29, 0.717) is 5.82 Å². The fourth-order valence-corrected chi connectivity index (χ4v) is 4.52. The van der Waals surface area contributed by atoms with Gasteiger partial charge >= 0.3 is 0 Å². The molecule has 1 N–H and O–H groups in total. The molecule has 1 saturated heterocycles. The van der Waals surface area contributed by atoms with Crippen LogP contribution in [0.2, 0.25) is 0 Å². The van der Waals surface area contributed by atoms with Crippen LogP contribution >= 0.6 is 31.9 Å². The monoisotopic (exact) mass is 501 g/mol. The van der Waals surface area contributed by atoms with Crippen LogP contribution in [0.25, 0.3) is 0 Å². The maximum Gasteiger partial charge on any atom is 0.245 e. The first-order chi connectivity index (χ1) is 13.6. The van der Waals surface area contributed by atoms with Crippen LogP contribution in [0, 0.1) is 0 Å². The van der Waals surface area contributed by atoms with Crippen molar-refractivity contribution in [3.8, 4) is 0 Å². The summed E-state index contributed by atoms with van der Waals surface area (Å²) < 4.78 is 1.96. The molecule has 0 atom stereocenters. The van der Waals surface area contributed by atoms with Crippen molar-refractivity contribution in [3.63, 3.8) is 0 Å². The highest BCUT2D eigenvalue weighted by atomic mass is 79.9. The summed E-state index contributed by atoms with van der Waals surface area (Å²) in [5, 5.41) is 0. The highest BCUT2D eigenvalue weighted by Gasteiger charge is 2.48. The molecule has 0 bridgehead atoms. The van der Waals surface area contributed by atoms with Gasteiger partial charge in [-0.15, -0.1) is 0 Å². The summed E-state index contributed by atoms with van der Waals surface area (Å²) in [6.45, 7) is 1.57. The summed E-state index contributed by atoms with van der Waals surface area (Å²) in [5.74, 6) is 0.722. The number of carbonyl (C=O) groups excluding carboxylic acids is 1. The molecule has 1 aliphatic rings. The second-order valence-electron chi connectivity index (χ2n) is 7.05. The molecule has 1 amide bonds. The maximum absolute atomic E-state index is 14.1. The molecule has 0 radical (unpaired) electrons. The quantitative estimate of drug-likeness (QED) is 0.527. The molecule has 1 aliphatic heterocycles. The molecule has 28 heavy (non-hydrogen) atoms. The van der Waals surface area contributed by atoms with Crippen molar-refractivity contribution in [2.24, 2.45) is 0 Å². The molecule has 0 aliphatic carbocycles. The van der Waals surface area contributed by atoms with Crippen molar-refractivity contribution in [1.82, 2.24) is 14.9 Å². The van der Waals surface area contributed by atoms with E-state index in [0.717, 1.165) is 46.0 Å². The Morgan fingerprint density at radius 2 is 1.43 bits per heavy atom. The number of H-pyrrole nitrogens is 1. The number of hydrogen-bond acceptors (Lipinski definition) is 2. The third-order valence-corrected chi connectivity index (χ3v) is 6.43. The zero-order valence-corrected chi connectivity index (χ0v) is 18.5. The number of amides is 1. The molecule has 1 aromatic heterocycles. The largest absolute Gasteiger partial charge is 0.347 e. The van der Waals surface area contributed by atoms with E-state index in [2.05, 4.69) is 41.8 Å². The van der Waals surface area contributed by atoms with Crippen LogP contribution in [0.5, 0.6) is 0 Å². The Kier molecular flexibility index (Phi) is 5.69. The summed E-state index contributed by atoms with van der Waals surface area (Å²) in [6, 6.07) is 16.0. The molecule has 6 heteroatoms. The van der Waals surface area contributed by atoms with Gasteiger partial charge in [0.25, 0.3) is 0 Å². The second-order valence-corrected chi connectivity index (χ2v) is 8.89. The molecule has 2 aromatic carbocycles. The van der Waals surface area contributed by atoms with Crippen molar-refractivity contribution in [3.05, 3.63) is 86.8 Å². The molecule has 0 spiro atoms. The molecule has 3 aromatic rings. The fraction of sp³-hybridized carbons (Fsp3) is 0.273. The zero-order chi connectivity index (χ0) is 19.6. The number of rotatable bonds is 4. The Hall–Kier alpha value is -1.92. The first-order valence-corrected chi connectivity index (χ1v) is 11.0. The topological polar surface area (TPSA) is 49.0 Å². The highest BCUT2D eigenvalue weighted by molar-refractivity contribution is 9.10. The number of likely N-dealkylation sites (tertiary alicyclic amines) is 1. The Morgan fingerprint density at radius 3 is 1.89 bits per heavy atom. The predicted molar refractivity (Wildman–Crippen MR) is 117 cm³/mol. The Morgan fingerprint density at radius 1 is 0.893 bits per heavy atom. The van der Waals surface area contributed by atoms with Crippen molar-refractivity contribution in [1.29, 1.82) is 0 Å². The molecule has 144 valence electrons. The van der Waals surface area contributed by atoms with E-state index < -0.39 is 5.41 Å². The van der Waals surface area contributed by atoms with Gasteiger partial charge in [0.1, 0.15) is 5.82 Å². The third-order valence-electron chi connectivity index (χ3n) is 5.37. The number of hydrogen-bond donors (Lipinski definition) is 1. The lowest BCUT2D eigenvalue weighted by molar-refractivity contribution is -0.135. The third kappa shape index (κ3) is 3.44. The average molecular weight is 503 g/mol. The molecule has 2 heterocycles. The van der Waals surface area contributed by atoms with E-state index in [9.17, 15) is 4.79 Å². The molecule has 4 nitrogen and oxygen atoms in total. The Balaban J connectivity index is 1.97. The minimum absolute atomic E-state index is 0.0757. The summed E-state index contributed by atoms with van der Waals surface area (Å²) in [5.41, 5.74) is 0.800. The lowest BCUT2D eigenvalue weighted by Crippen LogP contribution is -2.50. The number of nitrogens with zero attached hydrogens (tertiary/aromatic N) is 2. The molecule has 4 rings (SSSR count). The van der Waals surface area contributed by atoms with E-state index in [1.807, 2.05) is 53.4 Å². The van der Waals surface area contributed by atoms with Gasteiger partial charge in [0.05, 0.1) is 0 Å². The van der Waals surface area contributed by atoms with E-state index in [4.69, 9.17) is 0 Å². The van der Waals surface area contributed by atoms with Crippen molar-refractivity contribution in [2.45, 2.75) is 24.7 Å². The van der Waals surface area contributed by atoms with Gasteiger partial charge in [0.15, 0.2) is 5.41 Å². The van der Waals surface area contributed by atoms with Crippen LogP contribution in [0.1, 0.15) is 36.2 Å². The summed E-state index contributed by atoms with van der Waals surface area (Å²) in [7, 11) is 0. The molecule has 0 unspecified atom stereocenters. The van der Waals surface area contributed by atoms with Crippen LogP contribution in [0.15, 0.2) is 69.9 Å². The van der Waals surface area contributed by atoms with Gasteiger partial charge < -0.3 is 9.88 Å². The van der Waals surface area contributed by atoms with Gasteiger partial charge in [-0.2, -0.15) is 0 Å². The lowest BCUT2D eigenvalue weighted by Gasteiger charge is -2.38. The summed E-state index contributed by atoms with van der Waals surface area (Å²) in [4.78, 5) is 23.9. The standard InChI is InChI=1S/C22H21Br2N3O/c23-18-8-4-16(5-9-18)22(20-25-12-13-26-20,17-6-10-19(24)11-7-17)21(28)27-14-2-1-3-15-27/h4-13H,1-3,14-15H2,(H,25,26). The van der Waals surface area contributed by atoms with Gasteiger partial charge in [-0.05, 0) is 54.7 Å². The second kappa shape index (κ2) is 8.21. The minimum Gasteiger partial charge on any atom is -0.347 e. The van der Waals surface area contributed by atoms with Gasteiger partial charge in [0.2, 0.25) is 5.91 Å². The fourth-order valence-electron chi connectivity index (χ4n) is 3.99. The smallest absolute Gasteiger partial charge is 0.245 e. The Bertz CT molecular complexity index is 885. The normalized spacial score (nSPS) is 14.9. The van der Waals surface area contributed by atoms with E-state index >= 15 is 0 Å². The number of aromatic nitrogens is 2. The summed E-state index contributed by atoms with van der Waals surface area (Å²) in [6.07, 6.45) is 6.76. The number of benzene rings is 2. The molecular formula is C22H21Br2N3O. The van der Waals surface area contributed by atoms with Crippen molar-refractivity contribution in [2.75, 3.05) is 13.1 Å². The SMILES string of the molecule is O=C(N1CCCCC1)C(c1ccc(Br)cc1)(c1ccc(Br)cc1)c1ncc[nH]1. The van der Waals surface area contributed by atoms with Crippen LogP contribution in [-0.2, 0) is 10.2 Å². The van der Waals surface area contributed by atoms with Gasteiger partial charge in [-0.1, -0.05) is 56.1 Å². The highest BCUT2D eigenvalue weighted by Crippen LogP contribution is 2.40. The first-order valence-electron chi connectivity index (χ1n) is 9.43. The van der Waals surface area contributed by atoms with E-state index in [-0.39, 0.29) is 5.91 Å². The predicted octanol–water partition coefficient (Wildman–Crippen LogP) is 5.28. The van der Waals surface area contributed by atoms with Gasteiger partial charge in [-0.25, -0.2) is 4.98 Å². The first kappa shape index (κ1) is 19.4. The van der Waals surface area contributed by atoms with Crippen LogP contribution in [0.3, 0.4) is 0 Å². The average Bonchev–Trinajstić information content (AvgIpc) is 3.27. The number of nitrogens with one attached hydrogen (secondary N) is 1. The summed E-state index contributed by atoms with van der Waals surface area (Å²) >= 11 is 7.03. The number of aromatic amines is 1. The number of halogens is 2. The van der Waals surface area contributed by atoms with Gasteiger partial charge in [0, 0.05) is 34.4 Å². The Labute approximate surface area is 181 Å².